The summed E-state index contributed by atoms with van der Waals surface area (Å²) in [7, 11) is -3.93. The Bertz CT molecular complexity index is 759. The minimum Gasteiger partial charge on any atom is -0.335 e. The average molecular weight is 336 g/mol. The van der Waals surface area contributed by atoms with E-state index < -0.39 is 10.0 Å². The summed E-state index contributed by atoms with van der Waals surface area (Å²) in [5, 5.41) is 5.24. The maximum absolute atomic E-state index is 12.8. The first-order valence-corrected chi connectivity index (χ1v) is 9.17. The Morgan fingerprint density at radius 1 is 1.26 bits per heavy atom. The lowest BCUT2D eigenvalue weighted by molar-refractivity contribution is 0.0761. The van der Waals surface area contributed by atoms with Crippen LogP contribution < -0.4 is 5.14 Å². The molecule has 1 aliphatic heterocycles. The summed E-state index contributed by atoms with van der Waals surface area (Å²) in [5.74, 6) is -0.290. The fourth-order valence-electron chi connectivity index (χ4n) is 2.76. The van der Waals surface area contributed by atoms with Gasteiger partial charge in [-0.25, -0.2) is 13.6 Å². The van der Waals surface area contributed by atoms with Crippen LogP contribution in [0.5, 0.6) is 0 Å². The summed E-state index contributed by atoms with van der Waals surface area (Å²) in [5.41, 5.74) is 2.38. The third kappa shape index (κ3) is 4.00. The second-order valence-electron chi connectivity index (χ2n) is 7.03. The molecule has 0 saturated carbocycles. The summed E-state index contributed by atoms with van der Waals surface area (Å²) in [6, 6.07) is 4.63. The van der Waals surface area contributed by atoms with E-state index in [0.717, 1.165) is 12.0 Å². The number of carbonyl (C=O) groups is 1. The van der Waals surface area contributed by atoms with Crippen molar-refractivity contribution >= 4 is 15.9 Å². The molecule has 0 atom stereocenters. The molecule has 1 amide bonds. The SMILES string of the molecule is Cc1ccc(S(N)(=O)=O)c(C(=O)N2CC=C(C(C)(C)C)CC2)c1. The zero-order chi connectivity index (χ0) is 17.4. The number of benzene rings is 1. The third-order valence-corrected chi connectivity index (χ3v) is 5.10. The summed E-state index contributed by atoms with van der Waals surface area (Å²) in [6.07, 6.45) is 2.86. The van der Waals surface area contributed by atoms with Gasteiger partial charge in [0.1, 0.15) is 0 Å². The molecule has 1 heterocycles. The largest absolute Gasteiger partial charge is 0.335 e. The highest BCUT2D eigenvalue weighted by atomic mass is 32.2. The fourth-order valence-corrected chi connectivity index (χ4v) is 3.47. The lowest BCUT2D eigenvalue weighted by Crippen LogP contribution is -2.37. The van der Waals surface area contributed by atoms with Crippen LogP contribution in [-0.4, -0.2) is 32.3 Å². The summed E-state index contributed by atoms with van der Waals surface area (Å²) in [4.78, 5) is 14.3. The molecular weight excluding hydrogens is 312 g/mol. The van der Waals surface area contributed by atoms with Crippen molar-refractivity contribution in [1.29, 1.82) is 0 Å². The molecule has 5 nitrogen and oxygen atoms in total. The van der Waals surface area contributed by atoms with Crippen LogP contribution in [0.15, 0.2) is 34.7 Å². The van der Waals surface area contributed by atoms with Gasteiger partial charge in [-0.1, -0.05) is 44.1 Å². The summed E-state index contributed by atoms with van der Waals surface area (Å²) in [6.45, 7) is 9.34. The van der Waals surface area contributed by atoms with Crippen molar-refractivity contribution in [2.45, 2.75) is 39.0 Å². The molecule has 0 spiro atoms. The van der Waals surface area contributed by atoms with Crippen LogP contribution in [0, 0.1) is 12.3 Å². The van der Waals surface area contributed by atoms with Gasteiger partial charge in [0, 0.05) is 13.1 Å². The topological polar surface area (TPSA) is 80.5 Å². The Morgan fingerprint density at radius 2 is 1.91 bits per heavy atom. The zero-order valence-corrected chi connectivity index (χ0v) is 14.9. The number of nitrogens with zero attached hydrogens (tertiary/aromatic N) is 1. The van der Waals surface area contributed by atoms with Gasteiger partial charge in [-0.3, -0.25) is 4.79 Å². The average Bonchev–Trinajstić information content (AvgIpc) is 2.44. The van der Waals surface area contributed by atoms with E-state index in [9.17, 15) is 13.2 Å². The first kappa shape index (κ1) is 17.7. The Kier molecular flexibility index (Phi) is 4.69. The minimum atomic E-state index is -3.93. The highest BCUT2D eigenvalue weighted by molar-refractivity contribution is 7.89. The van der Waals surface area contributed by atoms with Crippen LogP contribution in [0.1, 0.15) is 43.1 Å². The monoisotopic (exact) mass is 336 g/mol. The van der Waals surface area contributed by atoms with E-state index in [1.807, 2.05) is 6.92 Å². The number of nitrogens with two attached hydrogens (primary N) is 1. The molecule has 0 radical (unpaired) electrons. The van der Waals surface area contributed by atoms with E-state index in [4.69, 9.17) is 5.14 Å². The van der Waals surface area contributed by atoms with E-state index in [-0.39, 0.29) is 21.8 Å². The normalized spacial score (nSPS) is 16.2. The number of rotatable bonds is 2. The molecule has 0 unspecified atom stereocenters. The Labute approximate surface area is 138 Å². The maximum atomic E-state index is 12.8. The van der Waals surface area contributed by atoms with Crippen LogP contribution >= 0.6 is 0 Å². The van der Waals surface area contributed by atoms with Crippen molar-refractivity contribution in [2.75, 3.05) is 13.1 Å². The molecule has 1 aliphatic rings. The van der Waals surface area contributed by atoms with Gasteiger partial charge in [-0.15, -0.1) is 0 Å². The van der Waals surface area contributed by atoms with E-state index >= 15 is 0 Å². The minimum absolute atomic E-state index is 0.0875. The first-order valence-electron chi connectivity index (χ1n) is 7.62. The number of hydrogen-bond donors (Lipinski definition) is 1. The molecule has 2 rings (SSSR count). The zero-order valence-electron chi connectivity index (χ0n) is 14.1. The van der Waals surface area contributed by atoms with E-state index in [1.165, 1.54) is 11.6 Å². The van der Waals surface area contributed by atoms with Crippen molar-refractivity contribution in [3.8, 4) is 0 Å². The summed E-state index contributed by atoms with van der Waals surface area (Å²) >= 11 is 0. The Morgan fingerprint density at radius 3 is 2.39 bits per heavy atom. The van der Waals surface area contributed by atoms with Gasteiger partial charge in [0.25, 0.3) is 5.91 Å². The molecule has 0 fully saturated rings. The van der Waals surface area contributed by atoms with E-state index in [2.05, 4.69) is 26.8 Å². The maximum Gasteiger partial charge on any atom is 0.255 e. The van der Waals surface area contributed by atoms with Crippen LogP contribution in [0.4, 0.5) is 0 Å². The lowest BCUT2D eigenvalue weighted by Gasteiger charge is -2.32. The predicted octanol–water partition coefficient (Wildman–Crippen LogP) is 2.46. The molecule has 0 saturated heterocycles. The predicted molar refractivity (Wildman–Crippen MR) is 90.6 cm³/mol. The van der Waals surface area contributed by atoms with Crippen molar-refractivity contribution in [3.05, 3.63) is 41.0 Å². The molecule has 1 aromatic carbocycles. The quantitative estimate of drug-likeness (QED) is 0.842. The van der Waals surface area contributed by atoms with E-state index in [0.29, 0.717) is 13.1 Å². The number of aryl methyl sites for hydroxylation is 1. The van der Waals surface area contributed by atoms with Crippen molar-refractivity contribution in [2.24, 2.45) is 10.6 Å². The first-order chi connectivity index (χ1) is 10.5. The van der Waals surface area contributed by atoms with Gasteiger partial charge in [0.15, 0.2) is 0 Å². The molecule has 6 heteroatoms. The van der Waals surface area contributed by atoms with Gasteiger partial charge in [0.2, 0.25) is 10.0 Å². The fraction of sp³-hybridized carbons (Fsp3) is 0.471. The van der Waals surface area contributed by atoms with Gasteiger partial charge >= 0.3 is 0 Å². The molecular formula is C17H24N2O3S. The summed E-state index contributed by atoms with van der Waals surface area (Å²) < 4.78 is 23.5. The Hall–Kier alpha value is -1.66. The number of carbonyl (C=O) groups excluding carboxylic acids is 1. The molecule has 0 bridgehead atoms. The number of primary sulfonamides is 1. The molecule has 2 N–H and O–H groups in total. The highest BCUT2D eigenvalue weighted by Crippen LogP contribution is 2.30. The molecule has 23 heavy (non-hydrogen) atoms. The van der Waals surface area contributed by atoms with Crippen molar-refractivity contribution in [1.82, 2.24) is 4.90 Å². The van der Waals surface area contributed by atoms with Crippen LogP contribution in [0.2, 0.25) is 0 Å². The molecule has 126 valence electrons. The molecule has 0 aromatic heterocycles. The Balaban J connectivity index is 2.33. The number of amides is 1. The second kappa shape index (κ2) is 6.09. The van der Waals surface area contributed by atoms with Crippen molar-refractivity contribution < 1.29 is 13.2 Å². The third-order valence-electron chi connectivity index (χ3n) is 4.13. The number of hydrogen-bond acceptors (Lipinski definition) is 3. The lowest BCUT2D eigenvalue weighted by atomic mass is 9.83. The van der Waals surface area contributed by atoms with Gasteiger partial charge in [-0.05, 0) is 30.9 Å². The molecule has 0 aliphatic carbocycles. The van der Waals surface area contributed by atoms with Crippen LogP contribution in [-0.2, 0) is 10.0 Å². The number of sulfonamides is 1. The van der Waals surface area contributed by atoms with Crippen LogP contribution in [0.25, 0.3) is 0 Å². The smallest absolute Gasteiger partial charge is 0.255 e. The van der Waals surface area contributed by atoms with Crippen LogP contribution in [0.3, 0.4) is 0 Å². The van der Waals surface area contributed by atoms with E-state index in [1.54, 1.807) is 17.0 Å². The van der Waals surface area contributed by atoms with Crippen molar-refractivity contribution in [3.63, 3.8) is 0 Å². The van der Waals surface area contributed by atoms with Gasteiger partial charge in [0.05, 0.1) is 10.5 Å². The molecule has 1 aromatic rings. The highest BCUT2D eigenvalue weighted by Gasteiger charge is 2.27. The standard InChI is InChI=1S/C17H24N2O3S/c1-12-5-6-15(23(18,21)22)14(11-12)16(20)19-9-7-13(8-10-19)17(2,3)4/h5-7,11H,8-10H2,1-4H3,(H2,18,21,22). The van der Waals surface area contributed by atoms with Gasteiger partial charge < -0.3 is 4.90 Å². The second-order valence-corrected chi connectivity index (χ2v) is 8.55. The van der Waals surface area contributed by atoms with Gasteiger partial charge in [-0.2, -0.15) is 0 Å².